The van der Waals surface area contributed by atoms with E-state index >= 15 is 0 Å². The summed E-state index contributed by atoms with van der Waals surface area (Å²) >= 11 is 0. The second kappa shape index (κ2) is 9.84. The molecule has 2 N–H and O–H groups in total. The summed E-state index contributed by atoms with van der Waals surface area (Å²) in [6.45, 7) is 16.3. The van der Waals surface area contributed by atoms with E-state index in [9.17, 15) is 4.79 Å². The second-order valence-corrected chi connectivity index (χ2v) is 9.43. The average molecular weight is 423 g/mol. The van der Waals surface area contributed by atoms with Gasteiger partial charge in [-0.1, -0.05) is 42.0 Å². The molecule has 5 heteroatoms. The van der Waals surface area contributed by atoms with Gasteiger partial charge in [-0.05, 0) is 38.0 Å². The van der Waals surface area contributed by atoms with Crippen molar-refractivity contribution in [2.24, 2.45) is 0 Å². The third kappa shape index (κ3) is 5.46. The number of nitrogens with zero attached hydrogens (tertiary/aromatic N) is 2. The van der Waals surface area contributed by atoms with Gasteiger partial charge in [0.2, 0.25) is 0 Å². The van der Waals surface area contributed by atoms with Gasteiger partial charge in [-0.25, -0.2) is 0 Å². The maximum Gasteiger partial charge on any atom is 0.277 e. The highest BCUT2D eigenvalue weighted by atomic mass is 16.2. The minimum absolute atomic E-state index is 0.331. The number of carbonyl (C=O) groups is 1. The molecule has 1 amide bonds. The first kappa shape index (κ1) is 21.8. The van der Waals surface area contributed by atoms with Gasteiger partial charge in [-0.15, -0.1) is 0 Å². The molecule has 0 aromatic heterocycles. The van der Waals surface area contributed by atoms with Crippen molar-refractivity contribution < 1.29 is 14.6 Å². The molecule has 0 atom stereocenters. The Morgan fingerprint density at radius 2 is 1.55 bits per heavy atom. The van der Waals surface area contributed by atoms with E-state index in [0.717, 1.165) is 58.9 Å². The Morgan fingerprint density at radius 3 is 2.26 bits per heavy atom. The number of quaternary nitrogens is 2. The van der Waals surface area contributed by atoms with Gasteiger partial charge in [0.25, 0.3) is 5.91 Å². The smallest absolute Gasteiger partial charge is 0.277 e. The van der Waals surface area contributed by atoms with E-state index in [1.807, 2.05) is 0 Å². The van der Waals surface area contributed by atoms with Crippen molar-refractivity contribution in [1.82, 2.24) is 4.90 Å². The van der Waals surface area contributed by atoms with Crippen molar-refractivity contribution in [2.45, 2.75) is 27.3 Å². The number of rotatable bonds is 5. The number of hydrogen-bond acceptors (Lipinski definition) is 2. The molecule has 2 aromatic rings. The highest BCUT2D eigenvalue weighted by Gasteiger charge is 2.28. The third-order valence-corrected chi connectivity index (χ3v) is 7.15. The van der Waals surface area contributed by atoms with E-state index in [2.05, 4.69) is 73.0 Å². The molecule has 2 saturated heterocycles. The van der Waals surface area contributed by atoms with Crippen LogP contribution in [0.4, 0.5) is 5.69 Å². The average Bonchev–Trinajstić information content (AvgIpc) is 2.77. The Balaban J connectivity index is 1.21. The van der Waals surface area contributed by atoms with E-state index in [4.69, 9.17) is 0 Å². The largest absolute Gasteiger partial charge is 0.368 e. The van der Waals surface area contributed by atoms with E-state index in [1.54, 1.807) is 4.90 Å². The molecule has 2 aromatic carbocycles. The molecule has 4 rings (SSSR count). The van der Waals surface area contributed by atoms with Crippen LogP contribution in [0.2, 0.25) is 0 Å². The van der Waals surface area contributed by atoms with Gasteiger partial charge in [0, 0.05) is 37.4 Å². The van der Waals surface area contributed by atoms with Crippen molar-refractivity contribution in [3.05, 3.63) is 64.7 Å². The SMILES string of the molecule is Cc1cccc(C[NH+]2CC[NH+](CC(=O)N3CCN(c4cccc(C)c4C)CC3)CC2)c1. The highest BCUT2D eigenvalue weighted by molar-refractivity contribution is 5.77. The lowest BCUT2D eigenvalue weighted by atomic mass is 10.1. The van der Waals surface area contributed by atoms with Crippen LogP contribution in [0.15, 0.2) is 42.5 Å². The summed E-state index contributed by atoms with van der Waals surface area (Å²) in [4.78, 5) is 20.5. The molecule has 0 unspecified atom stereocenters. The summed E-state index contributed by atoms with van der Waals surface area (Å²) in [5.41, 5.74) is 6.78. The summed E-state index contributed by atoms with van der Waals surface area (Å²) in [5, 5.41) is 0. The van der Waals surface area contributed by atoms with Crippen LogP contribution in [-0.4, -0.2) is 69.7 Å². The fourth-order valence-electron chi connectivity index (χ4n) is 5.02. The Morgan fingerprint density at radius 1 is 0.871 bits per heavy atom. The number of nitrogens with one attached hydrogen (secondary N) is 2. The normalized spacial score (nSPS) is 21.9. The predicted octanol–water partition coefficient (Wildman–Crippen LogP) is 0.244. The van der Waals surface area contributed by atoms with Gasteiger partial charge in [-0.3, -0.25) is 4.79 Å². The molecule has 2 aliphatic rings. The summed E-state index contributed by atoms with van der Waals surface area (Å²) in [6, 6.07) is 15.4. The zero-order chi connectivity index (χ0) is 21.8. The van der Waals surface area contributed by atoms with Crippen LogP contribution in [0.5, 0.6) is 0 Å². The third-order valence-electron chi connectivity index (χ3n) is 7.15. The van der Waals surface area contributed by atoms with E-state index in [0.29, 0.717) is 12.5 Å². The van der Waals surface area contributed by atoms with Crippen LogP contribution < -0.4 is 14.7 Å². The first-order valence-electron chi connectivity index (χ1n) is 11.8. The molecule has 2 fully saturated rings. The fraction of sp³-hybridized carbons (Fsp3) is 0.500. The number of amides is 1. The fourth-order valence-corrected chi connectivity index (χ4v) is 5.02. The van der Waals surface area contributed by atoms with Gasteiger partial charge >= 0.3 is 0 Å². The summed E-state index contributed by atoms with van der Waals surface area (Å²) in [6.07, 6.45) is 0. The molecule has 2 heterocycles. The first-order valence-corrected chi connectivity index (χ1v) is 11.8. The Hall–Kier alpha value is -2.37. The zero-order valence-electron chi connectivity index (χ0n) is 19.4. The summed E-state index contributed by atoms with van der Waals surface area (Å²) in [7, 11) is 0. The molecule has 2 aliphatic heterocycles. The summed E-state index contributed by atoms with van der Waals surface area (Å²) in [5.74, 6) is 0.331. The molecular weight excluding hydrogens is 384 g/mol. The highest BCUT2D eigenvalue weighted by Crippen LogP contribution is 2.23. The van der Waals surface area contributed by atoms with Crippen molar-refractivity contribution in [1.29, 1.82) is 0 Å². The minimum Gasteiger partial charge on any atom is -0.368 e. The molecule has 0 bridgehead atoms. The van der Waals surface area contributed by atoms with Crippen LogP contribution >= 0.6 is 0 Å². The molecule has 0 radical (unpaired) electrons. The molecule has 0 spiro atoms. The lowest BCUT2D eigenvalue weighted by Crippen LogP contribution is -3.28. The van der Waals surface area contributed by atoms with Gasteiger partial charge in [-0.2, -0.15) is 0 Å². The Bertz CT molecular complexity index is 896. The topological polar surface area (TPSA) is 32.4 Å². The number of aryl methyl sites for hydroxylation is 2. The van der Waals surface area contributed by atoms with Crippen molar-refractivity contribution >= 4 is 11.6 Å². The molecular formula is C26H38N4O+2. The van der Waals surface area contributed by atoms with Crippen LogP contribution in [0.3, 0.4) is 0 Å². The quantitative estimate of drug-likeness (QED) is 0.724. The molecule has 0 aliphatic carbocycles. The maximum atomic E-state index is 12.9. The number of piperazine rings is 2. The standard InChI is InChI=1S/C26H36N4O/c1-21-6-4-8-24(18-21)19-27-10-12-28(13-11-27)20-26(31)30-16-14-29(15-17-30)25-9-5-7-22(2)23(25)3/h4-9,18H,10-17,19-20H2,1-3H3/p+2. The van der Waals surface area contributed by atoms with Crippen molar-refractivity contribution in [2.75, 3.05) is 63.8 Å². The molecule has 5 nitrogen and oxygen atoms in total. The van der Waals surface area contributed by atoms with Crippen LogP contribution in [0.1, 0.15) is 22.3 Å². The van der Waals surface area contributed by atoms with Gasteiger partial charge in [0.1, 0.15) is 32.7 Å². The Labute approximate surface area is 187 Å². The van der Waals surface area contributed by atoms with Crippen LogP contribution in [-0.2, 0) is 11.3 Å². The molecule has 166 valence electrons. The monoisotopic (exact) mass is 422 g/mol. The van der Waals surface area contributed by atoms with E-state index in [-0.39, 0.29) is 0 Å². The summed E-state index contributed by atoms with van der Waals surface area (Å²) < 4.78 is 0. The minimum atomic E-state index is 0.331. The Kier molecular flexibility index (Phi) is 6.93. The van der Waals surface area contributed by atoms with Gasteiger partial charge < -0.3 is 19.6 Å². The van der Waals surface area contributed by atoms with Gasteiger partial charge in [0.05, 0.1) is 0 Å². The lowest BCUT2D eigenvalue weighted by Gasteiger charge is -2.37. The molecule has 31 heavy (non-hydrogen) atoms. The number of carbonyl (C=O) groups excluding carboxylic acids is 1. The predicted molar refractivity (Wildman–Crippen MR) is 126 cm³/mol. The number of hydrogen-bond donors (Lipinski definition) is 2. The molecule has 0 saturated carbocycles. The second-order valence-electron chi connectivity index (χ2n) is 9.43. The number of anilines is 1. The van der Waals surface area contributed by atoms with Gasteiger partial charge in [0.15, 0.2) is 6.54 Å². The zero-order valence-corrected chi connectivity index (χ0v) is 19.4. The number of benzene rings is 2. The van der Waals surface area contributed by atoms with E-state index in [1.165, 1.54) is 32.8 Å². The maximum absolute atomic E-state index is 12.9. The van der Waals surface area contributed by atoms with Crippen molar-refractivity contribution in [3.8, 4) is 0 Å². The first-order chi connectivity index (χ1) is 15.0. The van der Waals surface area contributed by atoms with Crippen LogP contribution in [0, 0.1) is 20.8 Å². The van der Waals surface area contributed by atoms with Crippen LogP contribution in [0.25, 0.3) is 0 Å². The van der Waals surface area contributed by atoms with Crippen molar-refractivity contribution in [3.63, 3.8) is 0 Å². The van der Waals surface area contributed by atoms with E-state index < -0.39 is 0 Å². The lowest BCUT2D eigenvalue weighted by molar-refractivity contribution is -1.02.